The van der Waals surface area contributed by atoms with Crippen LogP contribution in [0.25, 0.3) is 0 Å². The molecule has 3 heterocycles. The van der Waals surface area contributed by atoms with Crippen LogP contribution in [0.5, 0.6) is 5.75 Å². The van der Waals surface area contributed by atoms with Gasteiger partial charge in [-0.1, -0.05) is 36.8 Å². The lowest BCUT2D eigenvalue weighted by atomic mass is 9.73. The first-order valence-corrected chi connectivity index (χ1v) is 14.4. The van der Waals surface area contributed by atoms with E-state index in [9.17, 15) is 9.59 Å². The minimum absolute atomic E-state index is 0.0525. The molecule has 2 aliphatic heterocycles. The van der Waals surface area contributed by atoms with Crippen molar-refractivity contribution in [1.82, 2.24) is 14.8 Å². The molecule has 2 amide bonds. The van der Waals surface area contributed by atoms with E-state index < -0.39 is 5.41 Å². The summed E-state index contributed by atoms with van der Waals surface area (Å²) in [5.74, 6) is 1.08. The van der Waals surface area contributed by atoms with Crippen LogP contribution < -0.4 is 10.1 Å². The van der Waals surface area contributed by atoms with Crippen LogP contribution in [0, 0.1) is 19.3 Å². The monoisotopic (exact) mass is 527 g/mol. The van der Waals surface area contributed by atoms with Gasteiger partial charge < -0.3 is 19.5 Å². The third-order valence-corrected chi connectivity index (χ3v) is 8.64. The van der Waals surface area contributed by atoms with Crippen molar-refractivity contribution in [3.05, 3.63) is 88.7 Å². The number of fused-ring (bicyclic) bond motifs is 1. The molecule has 1 aromatic heterocycles. The number of nitrogens with one attached hydrogen (secondary N) is 1. The number of benzene rings is 2. The lowest BCUT2D eigenvalue weighted by molar-refractivity contribution is -0.135. The van der Waals surface area contributed by atoms with Gasteiger partial charge in [0, 0.05) is 36.6 Å². The van der Waals surface area contributed by atoms with Gasteiger partial charge in [-0.05, 0) is 94.3 Å². The summed E-state index contributed by atoms with van der Waals surface area (Å²) >= 11 is 0. The topological polar surface area (TPSA) is 63.6 Å². The van der Waals surface area contributed by atoms with Gasteiger partial charge in [-0.2, -0.15) is 0 Å². The van der Waals surface area contributed by atoms with Crippen molar-refractivity contribution >= 4 is 11.8 Å². The molecule has 1 spiro atoms. The number of aryl methyl sites for hydroxylation is 3. The molecule has 0 unspecified atom stereocenters. The zero-order chi connectivity index (χ0) is 27.4. The molecule has 1 saturated heterocycles. The Labute approximate surface area is 232 Å². The molecule has 6 heteroatoms. The number of likely N-dealkylation sites (tertiary alicyclic amines) is 1. The van der Waals surface area contributed by atoms with Gasteiger partial charge in [-0.25, -0.2) is 0 Å². The van der Waals surface area contributed by atoms with Gasteiger partial charge in [0.05, 0.1) is 11.5 Å². The first-order valence-electron chi connectivity index (χ1n) is 14.4. The van der Waals surface area contributed by atoms with Crippen LogP contribution in [0.2, 0.25) is 0 Å². The Morgan fingerprint density at radius 1 is 0.949 bits per heavy atom. The van der Waals surface area contributed by atoms with Crippen LogP contribution in [0.15, 0.2) is 60.7 Å². The summed E-state index contributed by atoms with van der Waals surface area (Å²) in [4.78, 5) is 28.8. The third kappa shape index (κ3) is 6.05. The second kappa shape index (κ2) is 11.7. The Bertz CT molecular complexity index is 1280. The molecule has 1 fully saturated rings. The summed E-state index contributed by atoms with van der Waals surface area (Å²) in [5, 5.41) is 3.23. The number of amides is 2. The molecule has 6 nitrogen and oxygen atoms in total. The zero-order valence-electron chi connectivity index (χ0n) is 23.5. The number of aromatic nitrogens is 1. The Balaban J connectivity index is 1.22. The summed E-state index contributed by atoms with van der Waals surface area (Å²) in [7, 11) is 0. The fraction of sp³-hybridized carbons (Fsp3) is 0.455. The van der Waals surface area contributed by atoms with E-state index in [2.05, 4.69) is 60.1 Å². The normalized spacial score (nSPS) is 19.8. The van der Waals surface area contributed by atoms with E-state index in [1.165, 1.54) is 22.5 Å². The predicted molar refractivity (Wildman–Crippen MR) is 154 cm³/mol. The number of piperidine rings is 1. The van der Waals surface area contributed by atoms with E-state index in [4.69, 9.17) is 4.74 Å². The first kappa shape index (κ1) is 27.0. The summed E-state index contributed by atoms with van der Waals surface area (Å²) in [6.45, 7) is 8.68. The second-order valence-corrected chi connectivity index (χ2v) is 11.5. The van der Waals surface area contributed by atoms with Crippen molar-refractivity contribution < 1.29 is 14.3 Å². The van der Waals surface area contributed by atoms with Crippen molar-refractivity contribution in [3.8, 4) is 5.75 Å². The van der Waals surface area contributed by atoms with E-state index in [1.54, 1.807) is 0 Å². The first-order chi connectivity index (χ1) is 18.8. The van der Waals surface area contributed by atoms with Gasteiger partial charge in [0.15, 0.2) is 0 Å². The van der Waals surface area contributed by atoms with Gasteiger partial charge in [-0.15, -0.1) is 0 Å². The molecule has 0 saturated carbocycles. The maximum absolute atomic E-state index is 13.6. The molecule has 1 atom stereocenters. The lowest BCUT2D eigenvalue weighted by Gasteiger charge is -2.41. The number of ether oxygens (including phenoxy) is 1. The molecular formula is C33H41N3O3. The van der Waals surface area contributed by atoms with Crippen molar-refractivity contribution in [2.45, 2.75) is 71.9 Å². The van der Waals surface area contributed by atoms with Gasteiger partial charge >= 0.3 is 0 Å². The number of carbonyl (C=O) groups excluding carboxylic acids is 2. The predicted octanol–water partition coefficient (Wildman–Crippen LogP) is 5.69. The second-order valence-electron chi connectivity index (χ2n) is 11.5. The van der Waals surface area contributed by atoms with E-state index >= 15 is 0 Å². The highest BCUT2D eigenvalue weighted by Crippen LogP contribution is 2.38. The average molecular weight is 528 g/mol. The lowest BCUT2D eigenvalue weighted by Crippen LogP contribution is -2.52. The van der Waals surface area contributed by atoms with Gasteiger partial charge in [0.25, 0.3) is 5.91 Å². The van der Waals surface area contributed by atoms with E-state index in [0.29, 0.717) is 38.1 Å². The summed E-state index contributed by atoms with van der Waals surface area (Å²) in [5.41, 5.74) is 5.16. The molecule has 5 rings (SSSR count). The molecule has 2 aromatic carbocycles. The molecular weight excluding hydrogens is 486 g/mol. The number of hydrogen-bond donors (Lipinski definition) is 1. The minimum Gasteiger partial charge on any atom is -0.491 e. The number of carbonyl (C=O) groups is 2. The van der Waals surface area contributed by atoms with Crippen LogP contribution in [-0.2, 0) is 17.8 Å². The highest BCUT2D eigenvalue weighted by molar-refractivity contribution is 5.94. The molecule has 3 aromatic rings. The number of nitrogens with zero attached hydrogens (tertiary/aromatic N) is 2. The largest absolute Gasteiger partial charge is 0.491 e. The Hall–Kier alpha value is -3.54. The Morgan fingerprint density at radius 3 is 2.36 bits per heavy atom. The molecule has 206 valence electrons. The van der Waals surface area contributed by atoms with Crippen LogP contribution in [-0.4, -0.2) is 47.0 Å². The van der Waals surface area contributed by atoms with E-state index in [-0.39, 0.29) is 17.9 Å². The van der Waals surface area contributed by atoms with Crippen molar-refractivity contribution in [2.24, 2.45) is 5.41 Å². The molecule has 0 bridgehead atoms. The van der Waals surface area contributed by atoms with Crippen LogP contribution in [0.3, 0.4) is 0 Å². The third-order valence-electron chi connectivity index (χ3n) is 8.64. The standard InChI is InChI=1S/C33H41N3O3/c1-24-23-39-30-10-5-4-8-28(30)9-6-7-17-33(32(38)34-24)18-20-35(21-19-33)31(37)29-15-13-27(14-16-29)22-36-25(2)11-12-26(36)3/h4-5,8,10-16,24H,6-7,9,17-23H2,1-3H3,(H,34,38)/t24-/m0/s1. The SMILES string of the molecule is Cc1ccc(C)n1Cc1ccc(C(=O)N2CCC3(CCCCc4ccccc4OC[C@H](C)NC3=O)CC2)cc1. The van der Waals surface area contributed by atoms with E-state index in [0.717, 1.165) is 38.0 Å². The van der Waals surface area contributed by atoms with Crippen molar-refractivity contribution in [1.29, 1.82) is 0 Å². The molecule has 2 aliphatic rings. The summed E-state index contributed by atoms with van der Waals surface area (Å²) < 4.78 is 8.35. The average Bonchev–Trinajstić information content (AvgIpc) is 3.26. The summed E-state index contributed by atoms with van der Waals surface area (Å²) in [6.07, 6.45) is 5.18. The van der Waals surface area contributed by atoms with Gasteiger partial charge in [0.2, 0.25) is 5.91 Å². The Kier molecular flexibility index (Phi) is 8.10. The number of rotatable bonds is 3. The molecule has 39 heavy (non-hydrogen) atoms. The van der Waals surface area contributed by atoms with Gasteiger partial charge in [-0.3, -0.25) is 9.59 Å². The molecule has 1 N–H and O–H groups in total. The minimum atomic E-state index is -0.430. The van der Waals surface area contributed by atoms with Crippen LogP contribution in [0.1, 0.15) is 71.9 Å². The highest BCUT2D eigenvalue weighted by atomic mass is 16.5. The van der Waals surface area contributed by atoms with Crippen molar-refractivity contribution in [3.63, 3.8) is 0 Å². The highest BCUT2D eigenvalue weighted by Gasteiger charge is 2.42. The number of para-hydroxylation sites is 1. The fourth-order valence-electron chi connectivity index (χ4n) is 6.06. The van der Waals surface area contributed by atoms with E-state index in [1.807, 2.05) is 36.1 Å². The Morgan fingerprint density at radius 2 is 1.64 bits per heavy atom. The van der Waals surface area contributed by atoms with Crippen LogP contribution >= 0.6 is 0 Å². The molecule has 0 aliphatic carbocycles. The van der Waals surface area contributed by atoms with Crippen molar-refractivity contribution in [2.75, 3.05) is 19.7 Å². The van der Waals surface area contributed by atoms with Crippen LogP contribution in [0.4, 0.5) is 0 Å². The number of hydrogen-bond acceptors (Lipinski definition) is 3. The summed E-state index contributed by atoms with van der Waals surface area (Å²) in [6, 6.07) is 20.4. The maximum Gasteiger partial charge on any atom is 0.253 e. The maximum atomic E-state index is 13.6. The molecule has 0 radical (unpaired) electrons. The van der Waals surface area contributed by atoms with Gasteiger partial charge in [0.1, 0.15) is 12.4 Å². The zero-order valence-corrected chi connectivity index (χ0v) is 23.5. The fourth-order valence-corrected chi connectivity index (χ4v) is 6.06. The quantitative estimate of drug-likeness (QED) is 0.476. The smallest absolute Gasteiger partial charge is 0.253 e.